The predicted molar refractivity (Wildman–Crippen MR) is 79.4 cm³/mol. The van der Waals surface area contributed by atoms with Crippen molar-refractivity contribution in [2.45, 2.75) is 19.9 Å². The average molecular weight is 319 g/mol. The third-order valence-electron chi connectivity index (χ3n) is 3.98. The zero-order valence-corrected chi connectivity index (χ0v) is 13.1. The van der Waals surface area contributed by atoms with Crippen molar-refractivity contribution in [1.82, 2.24) is 10.2 Å². The number of hydrogen-bond donors (Lipinski definition) is 2. The van der Waals surface area contributed by atoms with Crippen LogP contribution < -0.4 is 5.32 Å². The summed E-state index contributed by atoms with van der Waals surface area (Å²) in [5.41, 5.74) is -0.687. The Labute approximate surface area is 128 Å². The fraction of sp³-hybridized carbons (Fsp3) is 0.600. The molecule has 0 amide bonds. The molecule has 1 aromatic carbocycles. The van der Waals surface area contributed by atoms with Gasteiger partial charge < -0.3 is 10.4 Å². The molecule has 0 unspecified atom stereocenters. The number of aliphatic hydroxyl groups excluding tert-OH is 1. The fourth-order valence-corrected chi connectivity index (χ4v) is 3.10. The van der Waals surface area contributed by atoms with Crippen molar-refractivity contribution in [2.24, 2.45) is 5.41 Å². The van der Waals surface area contributed by atoms with Gasteiger partial charge in [-0.1, -0.05) is 25.4 Å². The second-order valence-electron chi connectivity index (χ2n) is 6.12. The Hall–Kier alpha value is -0.750. The van der Waals surface area contributed by atoms with Gasteiger partial charge in [0.2, 0.25) is 0 Å². The third kappa shape index (κ3) is 3.54. The highest BCUT2D eigenvalue weighted by Crippen LogP contribution is 2.41. The minimum Gasteiger partial charge on any atom is -0.396 e. The van der Waals surface area contributed by atoms with E-state index in [0.717, 1.165) is 25.2 Å². The number of aliphatic hydroxyl groups is 1. The highest BCUT2D eigenvalue weighted by molar-refractivity contribution is 6.30. The summed E-state index contributed by atoms with van der Waals surface area (Å²) in [7, 11) is 0. The molecule has 0 saturated carbocycles. The molecule has 21 heavy (non-hydrogen) atoms. The highest BCUT2D eigenvalue weighted by atomic mass is 35.5. The molecule has 0 radical (unpaired) electrons. The Morgan fingerprint density at radius 2 is 1.81 bits per heavy atom. The first-order valence-electron chi connectivity index (χ1n) is 7.07. The van der Waals surface area contributed by atoms with E-state index in [1.807, 2.05) is 18.7 Å². The summed E-state index contributed by atoms with van der Waals surface area (Å²) >= 11 is 5.71. The standard InChI is InChI=1S/C15H21ClF2N2O/c1-15(2,9-21)14(20-5-3-19-4-6-20)13-11(17)7-10(16)8-12(13)18/h7-8,14,19,21H,3-6,9H2,1-2H3/t14-/m0/s1. The van der Waals surface area contributed by atoms with Crippen LogP contribution in [0.25, 0.3) is 0 Å². The third-order valence-corrected chi connectivity index (χ3v) is 4.20. The molecule has 6 heteroatoms. The van der Waals surface area contributed by atoms with Crippen LogP contribution in [0.4, 0.5) is 8.78 Å². The average Bonchev–Trinajstić information content (AvgIpc) is 2.43. The number of nitrogens with one attached hydrogen (secondary N) is 1. The summed E-state index contributed by atoms with van der Waals surface area (Å²) in [4.78, 5) is 2.02. The van der Waals surface area contributed by atoms with Gasteiger partial charge in [-0.2, -0.15) is 0 Å². The van der Waals surface area contributed by atoms with Crippen LogP contribution in [0.15, 0.2) is 12.1 Å². The van der Waals surface area contributed by atoms with Crippen LogP contribution in [0.1, 0.15) is 25.5 Å². The van der Waals surface area contributed by atoms with Gasteiger partial charge in [-0.15, -0.1) is 0 Å². The van der Waals surface area contributed by atoms with Gasteiger partial charge in [0.05, 0.1) is 0 Å². The number of rotatable bonds is 4. The van der Waals surface area contributed by atoms with Gasteiger partial charge in [-0.3, -0.25) is 4.90 Å². The Kier molecular flexibility index (Phi) is 5.20. The van der Waals surface area contributed by atoms with Crippen molar-refractivity contribution in [3.63, 3.8) is 0 Å². The lowest BCUT2D eigenvalue weighted by Gasteiger charge is -2.43. The van der Waals surface area contributed by atoms with E-state index in [9.17, 15) is 13.9 Å². The first-order chi connectivity index (χ1) is 9.86. The minimum absolute atomic E-state index is 0.0136. The molecule has 2 rings (SSSR count). The van der Waals surface area contributed by atoms with E-state index >= 15 is 0 Å². The van der Waals surface area contributed by atoms with Gasteiger partial charge in [-0.05, 0) is 12.1 Å². The predicted octanol–water partition coefficient (Wildman–Crippen LogP) is 2.58. The monoisotopic (exact) mass is 318 g/mol. The molecule has 0 spiro atoms. The van der Waals surface area contributed by atoms with Gasteiger partial charge in [-0.25, -0.2) is 8.78 Å². The summed E-state index contributed by atoms with van der Waals surface area (Å²) in [6.07, 6.45) is 0. The molecule has 0 aromatic heterocycles. The van der Waals surface area contributed by atoms with Crippen LogP contribution in [0.5, 0.6) is 0 Å². The second-order valence-corrected chi connectivity index (χ2v) is 6.55. The van der Waals surface area contributed by atoms with E-state index in [-0.39, 0.29) is 17.2 Å². The number of halogens is 3. The fourth-order valence-electron chi connectivity index (χ4n) is 2.91. The SMILES string of the molecule is CC(C)(CO)[C@H](c1c(F)cc(Cl)cc1F)N1CCNCC1. The maximum atomic E-state index is 14.3. The summed E-state index contributed by atoms with van der Waals surface area (Å²) < 4.78 is 28.7. The molecule has 1 aliphatic heterocycles. The molecular formula is C15H21ClF2N2O. The molecule has 118 valence electrons. The lowest BCUT2D eigenvalue weighted by Crippen LogP contribution is -2.50. The molecule has 0 aliphatic carbocycles. The lowest BCUT2D eigenvalue weighted by atomic mass is 9.79. The van der Waals surface area contributed by atoms with E-state index in [0.29, 0.717) is 13.1 Å². The van der Waals surface area contributed by atoms with Crippen molar-refractivity contribution in [3.8, 4) is 0 Å². The van der Waals surface area contributed by atoms with Crippen LogP contribution in [0.3, 0.4) is 0 Å². The van der Waals surface area contributed by atoms with Crippen molar-refractivity contribution >= 4 is 11.6 Å². The van der Waals surface area contributed by atoms with Crippen LogP contribution in [0, 0.1) is 17.0 Å². The molecular weight excluding hydrogens is 298 g/mol. The smallest absolute Gasteiger partial charge is 0.132 e. The Bertz CT molecular complexity index is 481. The largest absolute Gasteiger partial charge is 0.396 e. The van der Waals surface area contributed by atoms with E-state index in [2.05, 4.69) is 5.32 Å². The summed E-state index contributed by atoms with van der Waals surface area (Å²) in [6, 6.07) is 1.72. The summed E-state index contributed by atoms with van der Waals surface area (Å²) in [5, 5.41) is 12.9. The number of hydrogen-bond acceptors (Lipinski definition) is 3. The first kappa shape index (κ1) is 16.6. The molecule has 1 fully saturated rings. The van der Waals surface area contributed by atoms with Crippen molar-refractivity contribution in [2.75, 3.05) is 32.8 Å². The Morgan fingerprint density at radius 3 is 2.29 bits per heavy atom. The van der Waals surface area contributed by atoms with E-state index in [4.69, 9.17) is 11.6 Å². The number of piperazine rings is 1. The normalized spacial score (nSPS) is 18.8. The summed E-state index contributed by atoms with van der Waals surface area (Å²) in [6.45, 7) is 6.33. The molecule has 3 nitrogen and oxygen atoms in total. The second kappa shape index (κ2) is 6.57. The molecule has 1 atom stereocenters. The van der Waals surface area contributed by atoms with Gasteiger partial charge >= 0.3 is 0 Å². The molecule has 0 bridgehead atoms. The van der Waals surface area contributed by atoms with Crippen LogP contribution in [-0.2, 0) is 0 Å². The van der Waals surface area contributed by atoms with Crippen LogP contribution in [-0.4, -0.2) is 42.8 Å². The Balaban J connectivity index is 2.49. The molecule has 2 N–H and O–H groups in total. The van der Waals surface area contributed by atoms with E-state index in [1.54, 1.807) is 0 Å². The minimum atomic E-state index is -0.674. The van der Waals surface area contributed by atoms with Crippen LogP contribution in [0.2, 0.25) is 5.02 Å². The van der Waals surface area contributed by atoms with Crippen molar-refractivity contribution < 1.29 is 13.9 Å². The van der Waals surface area contributed by atoms with Gasteiger partial charge in [0.15, 0.2) is 0 Å². The maximum Gasteiger partial charge on any atom is 0.132 e. The maximum absolute atomic E-state index is 14.3. The Morgan fingerprint density at radius 1 is 1.29 bits per heavy atom. The molecule has 1 saturated heterocycles. The first-order valence-corrected chi connectivity index (χ1v) is 7.44. The van der Waals surface area contributed by atoms with Crippen LogP contribution >= 0.6 is 11.6 Å². The molecule has 1 aliphatic rings. The number of benzene rings is 1. The van der Waals surface area contributed by atoms with Gasteiger partial charge in [0.25, 0.3) is 0 Å². The van der Waals surface area contributed by atoms with E-state index < -0.39 is 23.1 Å². The zero-order chi connectivity index (χ0) is 15.6. The van der Waals surface area contributed by atoms with Crippen molar-refractivity contribution in [3.05, 3.63) is 34.4 Å². The number of nitrogens with zero attached hydrogens (tertiary/aromatic N) is 1. The topological polar surface area (TPSA) is 35.5 Å². The van der Waals surface area contributed by atoms with E-state index in [1.165, 1.54) is 0 Å². The van der Waals surface area contributed by atoms with Gasteiger partial charge in [0.1, 0.15) is 11.6 Å². The zero-order valence-electron chi connectivity index (χ0n) is 12.3. The lowest BCUT2D eigenvalue weighted by molar-refractivity contribution is 0.0266. The summed E-state index contributed by atoms with van der Waals surface area (Å²) in [5.74, 6) is -1.32. The quantitative estimate of drug-likeness (QED) is 0.895. The molecule has 1 heterocycles. The molecule has 1 aromatic rings. The van der Waals surface area contributed by atoms with Crippen molar-refractivity contribution in [1.29, 1.82) is 0 Å². The highest BCUT2D eigenvalue weighted by Gasteiger charge is 2.39. The van der Waals surface area contributed by atoms with Gasteiger partial charge in [0, 0.05) is 54.8 Å².